The highest BCUT2D eigenvalue weighted by molar-refractivity contribution is 7.89. The fourth-order valence-corrected chi connectivity index (χ4v) is 4.20. The van der Waals surface area contributed by atoms with Crippen molar-refractivity contribution in [3.8, 4) is 10.8 Å². The van der Waals surface area contributed by atoms with Gasteiger partial charge in [-0.3, -0.25) is 0 Å². The van der Waals surface area contributed by atoms with Crippen molar-refractivity contribution < 1.29 is 8.42 Å². The van der Waals surface area contributed by atoms with Crippen LogP contribution in [0.5, 0.6) is 0 Å². The van der Waals surface area contributed by atoms with Gasteiger partial charge >= 0.3 is 0 Å². The molecule has 1 N–H and O–H groups in total. The fourth-order valence-electron chi connectivity index (χ4n) is 2.32. The predicted molar refractivity (Wildman–Crippen MR) is 101 cm³/mol. The van der Waals surface area contributed by atoms with Crippen LogP contribution in [0.1, 0.15) is 11.3 Å². The number of nitrogens with one attached hydrogen (secondary N) is 1. The summed E-state index contributed by atoms with van der Waals surface area (Å²) in [5.74, 6) is 0.603. The molecule has 0 saturated carbocycles. The summed E-state index contributed by atoms with van der Waals surface area (Å²) < 4.78 is 26.1. The molecule has 0 amide bonds. The molecule has 0 aliphatic carbocycles. The van der Waals surface area contributed by atoms with Gasteiger partial charge in [0.05, 0.1) is 10.6 Å². The number of hydrogen-bond acceptors (Lipinski definition) is 7. The van der Waals surface area contributed by atoms with Crippen molar-refractivity contribution in [3.63, 3.8) is 0 Å². The van der Waals surface area contributed by atoms with Crippen LogP contribution < -0.4 is 5.32 Å². The van der Waals surface area contributed by atoms with Crippen molar-refractivity contribution in [2.24, 2.45) is 0 Å². The van der Waals surface area contributed by atoms with Gasteiger partial charge in [0.2, 0.25) is 10.0 Å². The van der Waals surface area contributed by atoms with E-state index in [0.717, 1.165) is 16.3 Å². The van der Waals surface area contributed by atoms with Crippen LogP contribution in [0.4, 0.5) is 0 Å². The molecule has 0 aliphatic rings. The molecule has 3 aromatic rings. The Morgan fingerprint density at radius 2 is 1.81 bits per heavy atom. The van der Waals surface area contributed by atoms with Crippen LogP contribution in [0.2, 0.25) is 0 Å². The number of sulfonamides is 1. The first-order chi connectivity index (χ1) is 12.5. The van der Waals surface area contributed by atoms with Crippen molar-refractivity contribution in [1.82, 2.24) is 24.6 Å². The van der Waals surface area contributed by atoms with E-state index in [2.05, 4.69) is 20.3 Å². The highest BCUT2D eigenvalue weighted by atomic mass is 32.2. The number of benzene rings is 1. The molecule has 2 heterocycles. The molecule has 0 unspecified atom stereocenters. The SMILES string of the molecule is CN(C)S(=O)(=O)c1ccccc1CNCc1csc(-c2ncccn2)n1. The first-order valence-corrected chi connectivity index (χ1v) is 10.2. The van der Waals surface area contributed by atoms with Gasteiger partial charge in [-0.15, -0.1) is 11.3 Å². The van der Waals surface area contributed by atoms with Crippen molar-refractivity contribution in [2.75, 3.05) is 14.1 Å². The van der Waals surface area contributed by atoms with Crippen molar-refractivity contribution in [1.29, 1.82) is 0 Å². The van der Waals surface area contributed by atoms with E-state index in [0.29, 0.717) is 23.8 Å². The summed E-state index contributed by atoms with van der Waals surface area (Å²) in [6.45, 7) is 0.956. The highest BCUT2D eigenvalue weighted by Gasteiger charge is 2.20. The molecular formula is C17H19N5O2S2. The minimum absolute atomic E-state index is 0.314. The van der Waals surface area contributed by atoms with E-state index in [1.807, 2.05) is 17.5 Å². The third-order valence-corrected chi connectivity index (χ3v) is 6.46. The van der Waals surface area contributed by atoms with Gasteiger partial charge in [-0.1, -0.05) is 18.2 Å². The predicted octanol–water partition coefficient (Wildman–Crippen LogP) is 2.14. The third kappa shape index (κ3) is 4.13. The van der Waals surface area contributed by atoms with Crippen LogP contribution in [0.3, 0.4) is 0 Å². The molecule has 9 heteroatoms. The summed E-state index contributed by atoms with van der Waals surface area (Å²) in [4.78, 5) is 13.2. The number of hydrogen-bond donors (Lipinski definition) is 1. The van der Waals surface area contributed by atoms with E-state index < -0.39 is 10.0 Å². The second-order valence-electron chi connectivity index (χ2n) is 5.72. The molecule has 0 atom stereocenters. The average Bonchev–Trinajstić information content (AvgIpc) is 3.11. The fraction of sp³-hybridized carbons (Fsp3) is 0.235. The van der Waals surface area contributed by atoms with Gasteiger partial charge in [0.25, 0.3) is 0 Å². The zero-order chi connectivity index (χ0) is 18.6. The molecule has 2 aromatic heterocycles. The lowest BCUT2D eigenvalue weighted by atomic mass is 10.2. The van der Waals surface area contributed by atoms with Crippen LogP contribution in [-0.4, -0.2) is 41.8 Å². The Kier molecular flexibility index (Phi) is 5.72. The maximum Gasteiger partial charge on any atom is 0.242 e. The second-order valence-corrected chi connectivity index (χ2v) is 8.69. The zero-order valence-corrected chi connectivity index (χ0v) is 16.1. The number of rotatable bonds is 7. The lowest BCUT2D eigenvalue weighted by Crippen LogP contribution is -2.24. The van der Waals surface area contributed by atoms with E-state index in [9.17, 15) is 8.42 Å². The number of thiazole rings is 1. The largest absolute Gasteiger partial charge is 0.307 e. The molecule has 3 rings (SSSR count). The third-order valence-electron chi connectivity index (χ3n) is 3.66. The van der Waals surface area contributed by atoms with E-state index in [4.69, 9.17) is 0 Å². The summed E-state index contributed by atoms with van der Waals surface area (Å²) in [6.07, 6.45) is 3.37. The molecule has 26 heavy (non-hydrogen) atoms. The van der Waals surface area contributed by atoms with Gasteiger partial charge in [-0.2, -0.15) is 0 Å². The normalized spacial score (nSPS) is 11.8. The molecule has 1 aromatic carbocycles. The first kappa shape index (κ1) is 18.6. The van der Waals surface area contributed by atoms with Crippen LogP contribution in [0, 0.1) is 0 Å². The lowest BCUT2D eigenvalue weighted by molar-refractivity contribution is 0.518. The van der Waals surface area contributed by atoms with Crippen molar-refractivity contribution in [2.45, 2.75) is 18.0 Å². The second kappa shape index (κ2) is 8.00. The van der Waals surface area contributed by atoms with Gasteiger partial charge in [0.1, 0.15) is 0 Å². The van der Waals surface area contributed by atoms with Crippen molar-refractivity contribution in [3.05, 3.63) is 59.4 Å². The Hall–Kier alpha value is -2.20. The summed E-state index contributed by atoms with van der Waals surface area (Å²) >= 11 is 1.48. The quantitative estimate of drug-likeness (QED) is 0.666. The maximum absolute atomic E-state index is 12.4. The first-order valence-electron chi connectivity index (χ1n) is 7.91. The van der Waals surface area contributed by atoms with Gasteiger partial charge in [-0.05, 0) is 17.7 Å². The maximum atomic E-state index is 12.4. The van der Waals surface area contributed by atoms with E-state index in [-0.39, 0.29) is 0 Å². The lowest BCUT2D eigenvalue weighted by Gasteiger charge is -2.15. The van der Waals surface area contributed by atoms with E-state index in [1.54, 1.807) is 30.6 Å². The molecule has 0 bridgehead atoms. The summed E-state index contributed by atoms with van der Waals surface area (Å²) in [6, 6.07) is 8.76. The molecule has 0 saturated heterocycles. The van der Waals surface area contributed by atoms with Crippen molar-refractivity contribution >= 4 is 21.4 Å². The molecule has 0 spiro atoms. The van der Waals surface area contributed by atoms with Gasteiger partial charge in [-0.25, -0.2) is 27.7 Å². The van der Waals surface area contributed by atoms with Crippen LogP contribution in [0.25, 0.3) is 10.8 Å². The molecule has 0 aliphatic heterocycles. The van der Waals surface area contributed by atoms with Gasteiger partial charge in [0, 0.05) is 45.0 Å². The Labute approximate surface area is 156 Å². The zero-order valence-electron chi connectivity index (χ0n) is 14.5. The standard InChI is InChI=1S/C17H19N5O2S2/c1-22(2)26(23,24)15-7-4-3-6-13(15)10-18-11-14-12-25-17(21-14)16-19-8-5-9-20-16/h3-9,12,18H,10-11H2,1-2H3. The average molecular weight is 390 g/mol. The Balaban J connectivity index is 1.67. The topological polar surface area (TPSA) is 88.1 Å². The smallest absolute Gasteiger partial charge is 0.242 e. The highest BCUT2D eigenvalue weighted by Crippen LogP contribution is 2.20. The molecule has 7 nitrogen and oxygen atoms in total. The monoisotopic (exact) mass is 389 g/mol. The summed E-state index contributed by atoms with van der Waals surface area (Å²) in [5, 5.41) is 5.96. The summed E-state index contributed by atoms with van der Waals surface area (Å²) in [7, 11) is -0.412. The van der Waals surface area contributed by atoms with Crippen LogP contribution in [0.15, 0.2) is 53.0 Å². The summed E-state index contributed by atoms with van der Waals surface area (Å²) in [5.41, 5.74) is 1.59. The number of nitrogens with zero attached hydrogens (tertiary/aromatic N) is 4. The minimum atomic E-state index is -3.47. The van der Waals surface area contributed by atoms with Crippen LogP contribution in [-0.2, 0) is 23.1 Å². The minimum Gasteiger partial charge on any atom is -0.307 e. The Bertz CT molecular complexity index is 972. The molecular weight excluding hydrogens is 370 g/mol. The molecule has 0 fully saturated rings. The molecule has 136 valence electrons. The van der Waals surface area contributed by atoms with E-state index >= 15 is 0 Å². The Morgan fingerprint density at radius 1 is 1.08 bits per heavy atom. The van der Waals surface area contributed by atoms with E-state index in [1.165, 1.54) is 29.7 Å². The number of aromatic nitrogens is 3. The Morgan fingerprint density at radius 3 is 2.54 bits per heavy atom. The van der Waals surface area contributed by atoms with Gasteiger partial charge in [0.15, 0.2) is 10.8 Å². The van der Waals surface area contributed by atoms with Crippen LogP contribution >= 0.6 is 11.3 Å². The van der Waals surface area contributed by atoms with Gasteiger partial charge < -0.3 is 5.32 Å². The molecule has 0 radical (unpaired) electrons.